The van der Waals surface area contributed by atoms with Gasteiger partial charge in [0.2, 0.25) is 0 Å². The summed E-state index contributed by atoms with van der Waals surface area (Å²) in [5.41, 5.74) is 11.7. The van der Waals surface area contributed by atoms with E-state index in [2.05, 4.69) is 36.0 Å². The number of nitrogens with zero attached hydrogens (tertiary/aromatic N) is 2. The van der Waals surface area contributed by atoms with E-state index in [1.165, 1.54) is 36.9 Å². The van der Waals surface area contributed by atoms with Gasteiger partial charge in [-0.2, -0.15) is 0 Å². The Balaban J connectivity index is 1.85. The molecule has 1 aliphatic heterocycles. The lowest BCUT2D eigenvalue weighted by Gasteiger charge is -2.39. The van der Waals surface area contributed by atoms with Crippen molar-refractivity contribution >= 4 is 5.69 Å². The predicted molar refractivity (Wildman–Crippen MR) is 80.4 cm³/mol. The van der Waals surface area contributed by atoms with Gasteiger partial charge in [-0.1, -0.05) is 0 Å². The van der Waals surface area contributed by atoms with Crippen LogP contribution in [0.5, 0.6) is 0 Å². The van der Waals surface area contributed by atoms with Crippen molar-refractivity contribution in [3.8, 4) is 0 Å². The second-order valence-corrected chi connectivity index (χ2v) is 6.38. The number of aryl methyl sites for hydroxylation is 1. The van der Waals surface area contributed by atoms with E-state index in [4.69, 9.17) is 5.73 Å². The third kappa shape index (κ3) is 2.63. The lowest BCUT2D eigenvalue weighted by molar-refractivity contribution is 0.199. The van der Waals surface area contributed by atoms with Gasteiger partial charge < -0.3 is 10.6 Å². The number of nitrogens with two attached hydrogens (primary N) is 1. The highest BCUT2D eigenvalue weighted by Crippen LogP contribution is 2.39. The van der Waals surface area contributed by atoms with E-state index < -0.39 is 0 Å². The van der Waals surface area contributed by atoms with Gasteiger partial charge in [0.25, 0.3) is 0 Å². The summed E-state index contributed by atoms with van der Waals surface area (Å²) in [6, 6.07) is 4.42. The summed E-state index contributed by atoms with van der Waals surface area (Å²) in [6.07, 6.45) is 3.89. The lowest BCUT2D eigenvalue weighted by atomic mass is 9.77. The molecule has 1 aromatic carbocycles. The van der Waals surface area contributed by atoms with Gasteiger partial charge in [-0.25, -0.2) is 0 Å². The number of anilines is 1. The Morgan fingerprint density at radius 1 is 1.32 bits per heavy atom. The first kappa shape index (κ1) is 12.9. The Kier molecular flexibility index (Phi) is 3.50. The van der Waals surface area contributed by atoms with Crippen LogP contribution in [0.2, 0.25) is 0 Å². The molecule has 1 heterocycles. The molecule has 0 radical (unpaired) electrons. The molecule has 2 N–H and O–H groups in total. The van der Waals surface area contributed by atoms with Crippen molar-refractivity contribution in [2.75, 3.05) is 39.5 Å². The Labute approximate surface area is 116 Å². The highest BCUT2D eigenvalue weighted by molar-refractivity contribution is 5.52. The van der Waals surface area contributed by atoms with Crippen molar-refractivity contribution < 1.29 is 0 Å². The average molecular weight is 259 g/mol. The summed E-state index contributed by atoms with van der Waals surface area (Å²) < 4.78 is 0. The molecule has 3 nitrogen and oxygen atoms in total. The van der Waals surface area contributed by atoms with Crippen LogP contribution in [0, 0.1) is 0 Å². The van der Waals surface area contributed by atoms with E-state index >= 15 is 0 Å². The van der Waals surface area contributed by atoms with Crippen LogP contribution in [-0.2, 0) is 13.0 Å². The zero-order chi connectivity index (χ0) is 13.4. The molecule has 1 aromatic rings. The zero-order valence-electron chi connectivity index (χ0n) is 12.2. The van der Waals surface area contributed by atoms with E-state index in [0.29, 0.717) is 0 Å². The Bertz CT molecular complexity index is 467. The zero-order valence-corrected chi connectivity index (χ0v) is 12.2. The van der Waals surface area contributed by atoms with Crippen LogP contribution in [0.3, 0.4) is 0 Å². The van der Waals surface area contributed by atoms with E-state index in [1.54, 1.807) is 5.56 Å². The number of likely N-dealkylation sites (N-methyl/N-ethyl adjacent to an activating group) is 1. The molecular formula is C16H25N3. The van der Waals surface area contributed by atoms with E-state index in [9.17, 15) is 0 Å². The summed E-state index contributed by atoms with van der Waals surface area (Å²) in [5, 5.41) is 0. The summed E-state index contributed by atoms with van der Waals surface area (Å²) in [6.45, 7) is 4.61. The van der Waals surface area contributed by atoms with Gasteiger partial charge >= 0.3 is 0 Å². The van der Waals surface area contributed by atoms with Crippen LogP contribution in [0.4, 0.5) is 5.69 Å². The quantitative estimate of drug-likeness (QED) is 0.843. The second-order valence-electron chi connectivity index (χ2n) is 6.38. The van der Waals surface area contributed by atoms with Crippen LogP contribution >= 0.6 is 0 Å². The molecule has 3 heteroatoms. The van der Waals surface area contributed by atoms with Crippen LogP contribution in [0.25, 0.3) is 0 Å². The van der Waals surface area contributed by atoms with Gasteiger partial charge in [0.15, 0.2) is 0 Å². The predicted octanol–water partition coefficient (Wildman–Crippen LogP) is 2.07. The van der Waals surface area contributed by atoms with Gasteiger partial charge in [0.05, 0.1) is 0 Å². The van der Waals surface area contributed by atoms with Gasteiger partial charge in [-0.05, 0) is 68.1 Å². The lowest BCUT2D eigenvalue weighted by Crippen LogP contribution is -2.39. The monoisotopic (exact) mass is 259 g/mol. The Hall–Kier alpha value is -1.06. The fraction of sp³-hybridized carbons (Fsp3) is 0.625. The van der Waals surface area contributed by atoms with Crippen LogP contribution in [0.15, 0.2) is 12.1 Å². The van der Waals surface area contributed by atoms with Crippen LogP contribution in [-0.4, -0.2) is 43.5 Å². The molecule has 0 amide bonds. The number of hydrogen-bond acceptors (Lipinski definition) is 3. The molecule has 0 aromatic heterocycles. The van der Waals surface area contributed by atoms with Gasteiger partial charge in [-0.15, -0.1) is 0 Å². The topological polar surface area (TPSA) is 32.5 Å². The van der Waals surface area contributed by atoms with Crippen molar-refractivity contribution in [1.29, 1.82) is 0 Å². The van der Waals surface area contributed by atoms with Gasteiger partial charge in [0, 0.05) is 31.9 Å². The minimum atomic E-state index is 0.746. The van der Waals surface area contributed by atoms with Gasteiger partial charge in [-0.3, -0.25) is 4.90 Å². The molecule has 1 unspecified atom stereocenters. The molecule has 0 fully saturated rings. The van der Waals surface area contributed by atoms with Crippen molar-refractivity contribution in [2.45, 2.75) is 31.7 Å². The molecule has 1 aliphatic carbocycles. The minimum absolute atomic E-state index is 0.746. The Morgan fingerprint density at radius 2 is 2.11 bits per heavy atom. The second kappa shape index (κ2) is 5.14. The molecule has 19 heavy (non-hydrogen) atoms. The molecule has 0 bridgehead atoms. The molecule has 2 aliphatic rings. The standard InChI is InChI=1S/C16H25N3/c1-18(2)6-7-19-10-13-5-3-4-12-8-15(17)9-14(11-19)16(12)13/h8-9,13H,3-7,10-11,17H2,1-2H3. The molecule has 3 rings (SSSR count). The number of hydrogen-bond donors (Lipinski definition) is 1. The van der Waals surface area contributed by atoms with Crippen LogP contribution < -0.4 is 5.73 Å². The van der Waals surface area contributed by atoms with E-state index in [-0.39, 0.29) is 0 Å². The maximum Gasteiger partial charge on any atom is 0.0320 e. The van der Waals surface area contributed by atoms with Crippen LogP contribution in [0.1, 0.15) is 35.4 Å². The largest absolute Gasteiger partial charge is 0.399 e. The average Bonchev–Trinajstić information content (AvgIpc) is 2.36. The summed E-state index contributed by atoms with van der Waals surface area (Å²) in [7, 11) is 4.29. The normalized spacial score (nSPS) is 22.6. The van der Waals surface area contributed by atoms with Crippen molar-refractivity contribution in [1.82, 2.24) is 9.80 Å². The summed E-state index contributed by atoms with van der Waals surface area (Å²) in [5.74, 6) is 0.746. The molecular weight excluding hydrogens is 234 g/mol. The number of rotatable bonds is 3. The summed E-state index contributed by atoms with van der Waals surface area (Å²) in [4.78, 5) is 4.86. The third-order valence-electron chi connectivity index (χ3n) is 4.52. The number of benzene rings is 1. The first-order valence-electron chi connectivity index (χ1n) is 7.41. The van der Waals surface area contributed by atoms with Gasteiger partial charge in [0.1, 0.15) is 0 Å². The highest BCUT2D eigenvalue weighted by Gasteiger charge is 2.29. The molecule has 0 spiro atoms. The van der Waals surface area contributed by atoms with Crippen molar-refractivity contribution in [2.24, 2.45) is 0 Å². The maximum atomic E-state index is 6.07. The van der Waals surface area contributed by atoms with E-state index in [0.717, 1.165) is 31.2 Å². The first-order chi connectivity index (χ1) is 9.13. The maximum absolute atomic E-state index is 6.07. The fourth-order valence-electron chi connectivity index (χ4n) is 3.66. The van der Waals surface area contributed by atoms with Crippen molar-refractivity contribution in [3.63, 3.8) is 0 Å². The molecule has 104 valence electrons. The SMILES string of the molecule is CN(C)CCN1Cc2cc(N)cc3c2C(CCC3)C1. The minimum Gasteiger partial charge on any atom is -0.399 e. The summed E-state index contributed by atoms with van der Waals surface area (Å²) >= 11 is 0. The Morgan fingerprint density at radius 3 is 2.89 bits per heavy atom. The number of nitrogen functional groups attached to an aromatic ring is 1. The smallest absolute Gasteiger partial charge is 0.0320 e. The van der Waals surface area contributed by atoms with E-state index in [1.807, 2.05) is 0 Å². The van der Waals surface area contributed by atoms with Crippen molar-refractivity contribution in [3.05, 3.63) is 28.8 Å². The molecule has 1 atom stereocenters. The fourth-order valence-corrected chi connectivity index (χ4v) is 3.66. The third-order valence-corrected chi connectivity index (χ3v) is 4.52. The highest BCUT2D eigenvalue weighted by atomic mass is 15.2. The first-order valence-corrected chi connectivity index (χ1v) is 7.41. The molecule has 0 saturated carbocycles. The molecule has 0 saturated heterocycles.